The summed E-state index contributed by atoms with van der Waals surface area (Å²) in [4.78, 5) is 12.0. The second-order valence-corrected chi connectivity index (χ2v) is 6.99. The molecule has 1 aliphatic rings. The van der Waals surface area contributed by atoms with Crippen molar-refractivity contribution >= 4 is 27.7 Å². The number of hydrogen-bond acceptors (Lipinski definition) is 3. The van der Waals surface area contributed by atoms with Crippen molar-refractivity contribution in [2.75, 3.05) is 0 Å². The Bertz CT molecular complexity index is 784. The van der Waals surface area contributed by atoms with Gasteiger partial charge in [-0.3, -0.25) is 4.79 Å². The molecule has 0 spiro atoms. The van der Waals surface area contributed by atoms with Gasteiger partial charge in [-0.05, 0) is 29.7 Å². The number of carbonyl (C=O) groups excluding carboxylic acids is 1. The molecule has 0 saturated carbocycles. The Hall–Kier alpha value is -2.14. The summed E-state index contributed by atoms with van der Waals surface area (Å²) in [5.41, 5.74) is 2.99. The van der Waals surface area contributed by atoms with Gasteiger partial charge in [0.05, 0.1) is 0 Å². The maximum absolute atomic E-state index is 12.0. The molecule has 2 aromatic rings. The van der Waals surface area contributed by atoms with Gasteiger partial charge in [0.25, 0.3) is 0 Å². The summed E-state index contributed by atoms with van der Waals surface area (Å²) in [5.74, 6) is 0.753. The molecule has 1 heterocycles. The Morgan fingerprint density at radius 1 is 1.21 bits per heavy atom. The predicted molar refractivity (Wildman–Crippen MR) is 97.6 cm³/mol. The van der Waals surface area contributed by atoms with Crippen molar-refractivity contribution in [1.82, 2.24) is 5.01 Å². The SMILES string of the molecule is CC(=O)N1N=C(c2cccc(Br)c2)OC1c1ccc(C(C)C)cc1. The number of halogens is 1. The van der Waals surface area contributed by atoms with E-state index in [-0.39, 0.29) is 5.91 Å². The van der Waals surface area contributed by atoms with Crippen molar-refractivity contribution in [3.8, 4) is 0 Å². The summed E-state index contributed by atoms with van der Waals surface area (Å²) in [7, 11) is 0. The Morgan fingerprint density at radius 3 is 2.50 bits per heavy atom. The third kappa shape index (κ3) is 3.36. The van der Waals surface area contributed by atoms with Crippen molar-refractivity contribution in [3.05, 3.63) is 69.7 Å². The minimum atomic E-state index is -0.530. The normalized spacial score (nSPS) is 17.0. The summed E-state index contributed by atoms with van der Waals surface area (Å²) in [6.45, 7) is 5.79. The Morgan fingerprint density at radius 2 is 1.92 bits per heavy atom. The average molecular weight is 387 g/mol. The van der Waals surface area contributed by atoms with Crippen LogP contribution in [0.1, 0.15) is 49.6 Å². The van der Waals surface area contributed by atoms with E-state index in [9.17, 15) is 4.79 Å². The zero-order valence-corrected chi connectivity index (χ0v) is 15.4. The monoisotopic (exact) mass is 386 g/mol. The number of amides is 1. The minimum absolute atomic E-state index is 0.155. The zero-order chi connectivity index (χ0) is 17.3. The maximum Gasteiger partial charge on any atom is 0.243 e. The predicted octanol–water partition coefficient (Wildman–Crippen LogP) is 4.81. The van der Waals surface area contributed by atoms with Crippen molar-refractivity contribution < 1.29 is 9.53 Å². The molecular formula is C19H19BrN2O2. The summed E-state index contributed by atoms with van der Waals surface area (Å²) >= 11 is 3.44. The van der Waals surface area contributed by atoms with E-state index in [0.717, 1.165) is 15.6 Å². The molecule has 0 aromatic heterocycles. The summed E-state index contributed by atoms with van der Waals surface area (Å²) in [6.07, 6.45) is -0.530. The van der Waals surface area contributed by atoms with E-state index < -0.39 is 6.23 Å². The maximum atomic E-state index is 12.0. The lowest BCUT2D eigenvalue weighted by atomic mass is 10.0. The van der Waals surface area contributed by atoms with Gasteiger partial charge in [0, 0.05) is 22.5 Å². The molecule has 0 saturated heterocycles. The molecule has 1 amide bonds. The lowest BCUT2D eigenvalue weighted by molar-refractivity contribution is -0.135. The highest BCUT2D eigenvalue weighted by molar-refractivity contribution is 9.10. The zero-order valence-electron chi connectivity index (χ0n) is 13.9. The molecule has 5 heteroatoms. The fourth-order valence-corrected chi connectivity index (χ4v) is 2.97. The van der Waals surface area contributed by atoms with Crippen LogP contribution in [-0.2, 0) is 9.53 Å². The lowest BCUT2D eigenvalue weighted by Crippen LogP contribution is -2.25. The smallest absolute Gasteiger partial charge is 0.243 e. The van der Waals surface area contributed by atoms with Crippen LogP contribution in [0.3, 0.4) is 0 Å². The molecule has 1 atom stereocenters. The van der Waals surface area contributed by atoms with Crippen LogP contribution in [0.25, 0.3) is 0 Å². The Labute approximate surface area is 150 Å². The van der Waals surface area contributed by atoms with Crippen LogP contribution in [0, 0.1) is 0 Å². The van der Waals surface area contributed by atoms with Crippen LogP contribution in [0.4, 0.5) is 0 Å². The highest BCUT2D eigenvalue weighted by Crippen LogP contribution is 2.31. The summed E-state index contributed by atoms with van der Waals surface area (Å²) < 4.78 is 6.93. The quantitative estimate of drug-likeness (QED) is 0.759. The van der Waals surface area contributed by atoms with Gasteiger partial charge in [0.2, 0.25) is 18.0 Å². The van der Waals surface area contributed by atoms with Gasteiger partial charge in [0.1, 0.15) is 0 Å². The van der Waals surface area contributed by atoms with Crippen LogP contribution < -0.4 is 0 Å². The minimum Gasteiger partial charge on any atom is -0.446 e. The molecule has 0 N–H and O–H groups in total. The fraction of sp³-hybridized carbons (Fsp3) is 0.263. The van der Waals surface area contributed by atoms with Crippen LogP contribution in [0.2, 0.25) is 0 Å². The van der Waals surface area contributed by atoms with E-state index in [1.807, 2.05) is 36.4 Å². The van der Waals surface area contributed by atoms with Crippen molar-refractivity contribution in [2.45, 2.75) is 32.9 Å². The van der Waals surface area contributed by atoms with E-state index in [4.69, 9.17) is 4.74 Å². The van der Waals surface area contributed by atoms with Gasteiger partial charge < -0.3 is 4.74 Å². The Kier molecular flexibility index (Phi) is 4.71. The molecule has 0 radical (unpaired) electrons. The molecule has 0 aliphatic carbocycles. The number of ether oxygens (including phenoxy) is 1. The van der Waals surface area contributed by atoms with Crippen LogP contribution in [-0.4, -0.2) is 16.8 Å². The van der Waals surface area contributed by atoms with E-state index in [0.29, 0.717) is 11.8 Å². The van der Waals surface area contributed by atoms with Gasteiger partial charge in [0.15, 0.2) is 0 Å². The van der Waals surface area contributed by atoms with Crippen LogP contribution in [0.15, 0.2) is 58.1 Å². The third-order valence-corrected chi connectivity index (χ3v) is 4.42. The topological polar surface area (TPSA) is 41.9 Å². The molecule has 24 heavy (non-hydrogen) atoms. The molecule has 4 nitrogen and oxygen atoms in total. The molecule has 0 bridgehead atoms. The van der Waals surface area contributed by atoms with Crippen LogP contribution >= 0.6 is 15.9 Å². The van der Waals surface area contributed by atoms with E-state index in [2.05, 4.69) is 47.0 Å². The second-order valence-electron chi connectivity index (χ2n) is 6.07. The number of hydrogen-bond donors (Lipinski definition) is 0. The van der Waals surface area contributed by atoms with Gasteiger partial charge in [-0.25, -0.2) is 0 Å². The van der Waals surface area contributed by atoms with Gasteiger partial charge in [-0.2, -0.15) is 5.01 Å². The summed E-state index contributed by atoms with van der Waals surface area (Å²) in [6, 6.07) is 15.8. The fourth-order valence-electron chi connectivity index (χ4n) is 2.57. The van der Waals surface area contributed by atoms with Crippen molar-refractivity contribution in [1.29, 1.82) is 0 Å². The highest BCUT2D eigenvalue weighted by Gasteiger charge is 2.33. The molecule has 0 fully saturated rings. The number of nitrogens with zero attached hydrogens (tertiary/aromatic N) is 2. The van der Waals surface area contributed by atoms with Gasteiger partial charge in [-0.15, -0.1) is 5.10 Å². The molecular weight excluding hydrogens is 368 g/mol. The lowest BCUT2D eigenvalue weighted by Gasteiger charge is -2.19. The first-order valence-corrected chi connectivity index (χ1v) is 8.66. The molecule has 2 aromatic carbocycles. The third-order valence-electron chi connectivity index (χ3n) is 3.93. The number of hydrazone groups is 1. The van der Waals surface area contributed by atoms with Crippen LogP contribution in [0.5, 0.6) is 0 Å². The first kappa shape index (κ1) is 16.7. The average Bonchev–Trinajstić information content (AvgIpc) is 3.00. The van der Waals surface area contributed by atoms with Crippen molar-refractivity contribution in [2.24, 2.45) is 5.10 Å². The number of benzene rings is 2. The van der Waals surface area contributed by atoms with E-state index >= 15 is 0 Å². The largest absolute Gasteiger partial charge is 0.446 e. The number of carbonyl (C=O) groups is 1. The van der Waals surface area contributed by atoms with Gasteiger partial charge in [-0.1, -0.05) is 60.1 Å². The molecule has 1 aliphatic heterocycles. The van der Waals surface area contributed by atoms with Gasteiger partial charge >= 0.3 is 0 Å². The van der Waals surface area contributed by atoms with E-state index in [1.54, 1.807) is 0 Å². The Balaban J connectivity index is 1.90. The highest BCUT2D eigenvalue weighted by atomic mass is 79.9. The number of rotatable bonds is 3. The molecule has 124 valence electrons. The first-order valence-electron chi connectivity index (χ1n) is 7.86. The standard InChI is InChI=1S/C19H19BrN2O2/c1-12(2)14-7-9-15(10-8-14)19-22(13(3)23)21-18(24-19)16-5-4-6-17(20)11-16/h4-12,19H,1-3H3. The van der Waals surface area contributed by atoms with E-state index in [1.165, 1.54) is 17.5 Å². The second kappa shape index (κ2) is 6.77. The summed E-state index contributed by atoms with van der Waals surface area (Å²) in [5, 5.41) is 5.76. The molecule has 1 unspecified atom stereocenters. The first-order chi connectivity index (χ1) is 11.5. The van der Waals surface area contributed by atoms with Crippen molar-refractivity contribution in [3.63, 3.8) is 0 Å². The molecule has 3 rings (SSSR count).